The summed E-state index contributed by atoms with van der Waals surface area (Å²) in [4.78, 5) is 0. The van der Waals surface area contributed by atoms with E-state index in [-0.39, 0.29) is 41.7 Å². The second kappa shape index (κ2) is 8.78. The molecule has 1 rings (SSSR count). The van der Waals surface area contributed by atoms with E-state index in [0.717, 1.165) is 5.56 Å². The Bertz CT molecular complexity index is 202. The van der Waals surface area contributed by atoms with Crippen LogP contribution in [0.2, 0.25) is 0 Å². The molecule has 1 aromatic carbocycles. The summed E-state index contributed by atoms with van der Waals surface area (Å²) in [5.41, 5.74) is 0.984. The minimum atomic E-state index is -0.271. The van der Waals surface area contributed by atoms with Gasteiger partial charge in [0.15, 0.2) is 0 Å². The van der Waals surface area contributed by atoms with Crippen molar-refractivity contribution in [2.75, 3.05) is 14.2 Å². The van der Waals surface area contributed by atoms with Crippen molar-refractivity contribution >= 4 is 23.1 Å². The fourth-order valence-electron chi connectivity index (χ4n) is 0.922. The molecule has 0 aliphatic heterocycles. The zero-order valence-electron chi connectivity index (χ0n) is 7.79. The quantitative estimate of drug-likeness (QED) is 0.340. The molecule has 0 fully saturated rings. The topological polar surface area (TPSA) is 18.5 Å². The Morgan fingerprint density at radius 2 is 1.92 bits per heavy atom. The van der Waals surface area contributed by atoms with Crippen molar-refractivity contribution in [2.45, 2.75) is 6.29 Å². The molecule has 13 heavy (non-hydrogen) atoms. The fraction of sp³-hybridized carbons (Fsp3) is 0.333. The summed E-state index contributed by atoms with van der Waals surface area (Å²) in [6.45, 7) is 0. The predicted octanol–water partition coefficient (Wildman–Crippen LogP) is -1.60. The molecule has 0 saturated heterocycles. The number of halogens is 1. The van der Waals surface area contributed by atoms with E-state index in [1.54, 1.807) is 14.2 Å². The Morgan fingerprint density at radius 1 is 1.31 bits per heavy atom. The molecule has 0 aliphatic rings. The summed E-state index contributed by atoms with van der Waals surface area (Å²) in [6, 6.07) is 10.5. The van der Waals surface area contributed by atoms with Crippen molar-refractivity contribution in [3.63, 3.8) is 0 Å². The van der Waals surface area contributed by atoms with Gasteiger partial charge >= 0.3 is 23.1 Å². The van der Waals surface area contributed by atoms with Crippen molar-refractivity contribution in [3.8, 4) is 0 Å². The molecule has 0 spiro atoms. The third-order valence-electron chi connectivity index (χ3n) is 1.43. The number of hydrogen-bond acceptors (Lipinski definition) is 2. The summed E-state index contributed by atoms with van der Waals surface area (Å²) in [6.07, 6.45) is -0.271. The fourth-order valence-corrected chi connectivity index (χ4v) is 0.922. The second-order valence-corrected chi connectivity index (χ2v) is 2.14. The van der Waals surface area contributed by atoms with Crippen LogP contribution in [0.25, 0.3) is 0 Å². The molecule has 0 N–H and O–H groups in total. The largest absolute Gasteiger partial charge is 2.00 e. The maximum atomic E-state index is 5.04. The Morgan fingerprint density at radius 3 is 2.31 bits per heavy atom. The summed E-state index contributed by atoms with van der Waals surface area (Å²) in [5.74, 6) is 0. The first kappa shape index (κ1) is 15.7. The molecule has 0 radical (unpaired) electrons. The minimum absolute atomic E-state index is 0. The van der Waals surface area contributed by atoms with Crippen LogP contribution in [0.3, 0.4) is 0 Å². The van der Waals surface area contributed by atoms with Crippen LogP contribution in [-0.4, -0.2) is 37.3 Å². The van der Waals surface area contributed by atoms with Crippen molar-refractivity contribution in [1.82, 2.24) is 0 Å². The van der Waals surface area contributed by atoms with Gasteiger partial charge in [-0.3, -0.25) is 0 Å². The third kappa shape index (κ3) is 4.83. The Kier molecular flexibility index (Phi) is 10.6. The number of ether oxygens (including phenoxy) is 2. The van der Waals surface area contributed by atoms with Crippen LogP contribution in [0.15, 0.2) is 24.3 Å². The number of benzene rings is 1. The first-order chi connectivity index (χ1) is 5.38. The molecule has 68 valence electrons. The van der Waals surface area contributed by atoms with Crippen LogP contribution in [0, 0.1) is 6.07 Å². The van der Waals surface area contributed by atoms with Gasteiger partial charge in [-0.1, -0.05) is 0 Å². The van der Waals surface area contributed by atoms with Gasteiger partial charge < -0.3 is 21.9 Å². The van der Waals surface area contributed by atoms with E-state index in [1.165, 1.54) is 0 Å². The summed E-state index contributed by atoms with van der Waals surface area (Å²) < 4.78 is 10.1. The number of hydrogen-bond donors (Lipinski definition) is 0. The van der Waals surface area contributed by atoms with Gasteiger partial charge in [0.1, 0.15) is 6.29 Å². The SMILES string of the molecule is COC(OC)c1c[c-]ccc1.[Cl-].[Mg+2]. The molecule has 0 atom stereocenters. The molecule has 0 aliphatic carbocycles. The Hall–Kier alpha value is 0.196. The standard InChI is InChI=1S/C9H11O2.ClH.Mg/c1-10-9(11-2)8-6-4-3-5-7-8;;/h3-4,6-7,9H,1-2H3;1H;/q-1;;+2/p-1. The predicted molar refractivity (Wildman–Crippen MR) is 47.8 cm³/mol. The Labute approximate surface area is 101 Å². The molecule has 0 heterocycles. The molecular weight excluding hydrogens is 200 g/mol. The summed E-state index contributed by atoms with van der Waals surface area (Å²) in [5, 5.41) is 0. The average Bonchev–Trinajstić information content (AvgIpc) is 2.09. The van der Waals surface area contributed by atoms with Crippen LogP contribution in [0.4, 0.5) is 0 Å². The smallest absolute Gasteiger partial charge is 1.00 e. The monoisotopic (exact) mass is 210 g/mol. The van der Waals surface area contributed by atoms with Gasteiger partial charge in [-0.05, 0) is 0 Å². The maximum absolute atomic E-state index is 5.04. The molecule has 0 amide bonds. The van der Waals surface area contributed by atoms with Crippen molar-refractivity contribution in [2.24, 2.45) is 0 Å². The van der Waals surface area contributed by atoms with E-state index >= 15 is 0 Å². The van der Waals surface area contributed by atoms with E-state index < -0.39 is 0 Å². The normalized spacial score (nSPS) is 8.85. The van der Waals surface area contributed by atoms with E-state index in [4.69, 9.17) is 9.47 Å². The Balaban J connectivity index is 0. The number of rotatable bonds is 3. The molecule has 1 aromatic rings. The summed E-state index contributed by atoms with van der Waals surface area (Å²) >= 11 is 0. The van der Waals surface area contributed by atoms with Gasteiger partial charge in [0, 0.05) is 14.2 Å². The summed E-state index contributed by atoms with van der Waals surface area (Å²) in [7, 11) is 3.22. The van der Waals surface area contributed by atoms with Gasteiger partial charge in [0.2, 0.25) is 0 Å². The third-order valence-corrected chi connectivity index (χ3v) is 1.43. The molecule has 0 aromatic heterocycles. The van der Waals surface area contributed by atoms with Crippen LogP contribution >= 0.6 is 0 Å². The molecule has 0 saturated carbocycles. The first-order valence-electron chi connectivity index (χ1n) is 3.40. The van der Waals surface area contributed by atoms with Crippen molar-refractivity contribution in [3.05, 3.63) is 35.9 Å². The van der Waals surface area contributed by atoms with Gasteiger partial charge in [-0.2, -0.15) is 30.3 Å². The van der Waals surface area contributed by atoms with Gasteiger partial charge in [-0.25, -0.2) is 0 Å². The molecule has 2 nitrogen and oxygen atoms in total. The van der Waals surface area contributed by atoms with E-state index in [0.29, 0.717) is 0 Å². The first-order valence-corrected chi connectivity index (χ1v) is 3.40. The maximum Gasteiger partial charge on any atom is 2.00 e. The second-order valence-electron chi connectivity index (χ2n) is 2.14. The molecular formula is C9H11ClMgO2. The van der Waals surface area contributed by atoms with E-state index in [9.17, 15) is 0 Å². The number of methoxy groups -OCH3 is 2. The van der Waals surface area contributed by atoms with E-state index in [2.05, 4.69) is 6.07 Å². The van der Waals surface area contributed by atoms with Crippen LogP contribution in [0.1, 0.15) is 11.9 Å². The van der Waals surface area contributed by atoms with Crippen LogP contribution in [-0.2, 0) is 9.47 Å². The molecule has 4 heteroatoms. The zero-order chi connectivity index (χ0) is 8.10. The van der Waals surface area contributed by atoms with E-state index in [1.807, 2.05) is 24.3 Å². The zero-order valence-corrected chi connectivity index (χ0v) is 9.96. The van der Waals surface area contributed by atoms with Crippen molar-refractivity contribution < 1.29 is 21.9 Å². The average molecular weight is 211 g/mol. The minimum Gasteiger partial charge on any atom is -1.00 e. The van der Waals surface area contributed by atoms with Crippen LogP contribution < -0.4 is 12.4 Å². The van der Waals surface area contributed by atoms with Gasteiger partial charge in [0.25, 0.3) is 0 Å². The molecule has 0 unspecified atom stereocenters. The van der Waals surface area contributed by atoms with Crippen LogP contribution in [0.5, 0.6) is 0 Å². The van der Waals surface area contributed by atoms with Gasteiger partial charge in [-0.15, -0.1) is 5.56 Å². The molecule has 0 bridgehead atoms. The van der Waals surface area contributed by atoms with Gasteiger partial charge in [0.05, 0.1) is 0 Å². The van der Waals surface area contributed by atoms with Crippen molar-refractivity contribution in [1.29, 1.82) is 0 Å².